The molecule has 0 aliphatic carbocycles. The minimum atomic E-state index is -0.490. The Morgan fingerprint density at radius 1 is 1.16 bits per heavy atom. The summed E-state index contributed by atoms with van der Waals surface area (Å²) < 4.78 is 6.36. The normalized spacial score (nSPS) is 11.0. The van der Waals surface area contributed by atoms with Crippen molar-refractivity contribution in [3.63, 3.8) is 0 Å². The number of amides is 1. The first-order valence-electron chi connectivity index (χ1n) is 9.51. The first-order chi connectivity index (χ1) is 14.9. The number of nitrogens with zero attached hydrogens (tertiary/aromatic N) is 1. The molecule has 3 rings (SSSR count). The zero-order chi connectivity index (χ0) is 22.4. The number of rotatable bonds is 6. The second-order valence-corrected chi connectivity index (χ2v) is 8.21. The number of benzene rings is 3. The number of carbonyl (C=O) groups excluding carboxylic acids is 1. The molecule has 0 unspecified atom stereocenters. The average Bonchev–Trinajstić information content (AvgIpc) is 2.76. The lowest BCUT2D eigenvalue weighted by Gasteiger charge is -2.12. The molecule has 0 bridgehead atoms. The fourth-order valence-electron chi connectivity index (χ4n) is 3.07. The number of nitrogens with one attached hydrogen (secondary N) is 1. The van der Waals surface area contributed by atoms with Gasteiger partial charge in [-0.3, -0.25) is 4.79 Å². The standard InChI is InChI=1S/C25H20BrClN2O2/c1-16-7-9-21(27)14-24(16)29-25(30)20(15-28)11-17-8-10-22(31-2)13-19(17)12-18-5-3-4-6-23(18)26/h3-11,13-14H,12H2,1-2H3,(H,29,30)/b20-11+. The number of ether oxygens (including phenoxy) is 1. The zero-order valence-corrected chi connectivity index (χ0v) is 19.4. The third-order valence-electron chi connectivity index (χ3n) is 4.80. The van der Waals surface area contributed by atoms with E-state index in [9.17, 15) is 10.1 Å². The van der Waals surface area contributed by atoms with Crippen LogP contribution in [0.15, 0.2) is 70.7 Å². The summed E-state index contributed by atoms with van der Waals surface area (Å²) >= 11 is 9.61. The number of carbonyl (C=O) groups is 1. The topological polar surface area (TPSA) is 62.1 Å². The molecular formula is C25H20BrClN2O2. The second kappa shape index (κ2) is 10.3. The van der Waals surface area contributed by atoms with Gasteiger partial charge in [0.25, 0.3) is 5.91 Å². The summed E-state index contributed by atoms with van der Waals surface area (Å²) in [5.74, 6) is 0.215. The molecule has 0 atom stereocenters. The third-order valence-corrected chi connectivity index (χ3v) is 5.81. The summed E-state index contributed by atoms with van der Waals surface area (Å²) in [6, 6.07) is 20.7. The van der Waals surface area contributed by atoms with Crippen LogP contribution in [0.25, 0.3) is 6.08 Å². The minimum Gasteiger partial charge on any atom is -0.497 e. The van der Waals surface area contributed by atoms with Crippen molar-refractivity contribution in [2.24, 2.45) is 0 Å². The highest BCUT2D eigenvalue weighted by atomic mass is 79.9. The van der Waals surface area contributed by atoms with Gasteiger partial charge in [0.15, 0.2) is 0 Å². The Bertz CT molecular complexity index is 1200. The number of hydrogen-bond donors (Lipinski definition) is 1. The summed E-state index contributed by atoms with van der Waals surface area (Å²) in [7, 11) is 1.61. The van der Waals surface area contributed by atoms with Gasteiger partial charge in [-0.05, 0) is 72.0 Å². The van der Waals surface area contributed by atoms with Gasteiger partial charge in [-0.25, -0.2) is 0 Å². The molecule has 0 aliphatic heterocycles. The van der Waals surface area contributed by atoms with Crippen molar-refractivity contribution >= 4 is 45.2 Å². The predicted molar refractivity (Wildman–Crippen MR) is 128 cm³/mol. The molecule has 0 saturated carbocycles. The summed E-state index contributed by atoms with van der Waals surface area (Å²) in [5.41, 5.74) is 4.22. The highest BCUT2D eigenvalue weighted by molar-refractivity contribution is 9.10. The van der Waals surface area contributed by atoms with Crippen LogP contribution < -0.4 is 10.1 Å². The van der Waals surface area contributed by atoms with E-state index in [1.165, 1.54) is 0 Å². The van der Waals surface area contributed by atoms with Crippen molar-refractivity contribution < 1.29 is 9.53 Å². The van der Waals surface area contributed by atoms with Crippen LogP contribution in [0.4, 0.5) is 5.69 Å². The van der Waals surface area contributed by atoms with Gasteiger partial charge in [-0.15, -0.1) is 0 Å². The van der Waals surface area contributed by atoms with Crippen LogP contribution in [0.5, 0.6) is 5.75 Å². The number of nitriles is 1. The monoisotopic (exact) mass is 494 g/mol. The van der Waals surface area contributed by atoms with Gasteiger partial charge in [0.2, 0.25) is 0 Å². The van der Waals surface area contributed by atoms with Gasteiger partial charge in [0, 0.05) is 15.2 Å². The molecule has 0 aromatic heterocycles. The maximum Gasteiger partial charge on any atom is 0.266 e. The van der Waals surface area contributed by atoms with Gasteiger partial charge in [0.05, 0.1) is 7.11 Å². The first kappa shape index (κ1) is 22.6. The van der Waals surface area contributed by atoms with Crippen molar-refractivity contribution in [3.05, 3.63) is 98.0 Å². The minimum absolute atomic E-state index is 0.00193. The molecule has 0 spiro atoms. The maximum absolute atomic E-state index is 12.8. The lowest BCUT2D eigenvalue weighted by atomic mass is 9.97. The van der Waals surface area contributed by atoms with E-state index in [0.29, 0.717) is 22.9 Å². The van der Waals surface area contributed by atoms with Crippen molar-refractivity contribution in [2.75, 3.05) is 12.4 Å². The van der Waals surface area contributed by atoms with Crippen LogP contribution in [0.3, 0.4) is 0 Å². The zero-order valence-electron chi connectivity index (χ0n) is 17.1. The number of methoxy groups -OCH3 is 1. The summed E-state index contributed by atoms with van der Waals surface area (Å²) in [5, 5.41) is 12.9. The Morgan fingerprint density at radius 2 is 1.94 bits per heavy atom. The molecule has 0 heterocycles. The van der Waals surface area contributed by atoms with E-state index >= 15 is 0 Å². The Morgan fingerprint density at radius 3 is 2.65 bits per heavy atom. The molecular weight excluding hydrogens is 476 g/mol. The Labute approximate surface area is 195 Å². The predicted octanol–water partition coefficient (Wildman–Crippen LogP) is 6.56. The molecule has 6 heteroatoms. The fraction of sp³-hybridized carbons (Fsp3) is 0.120. The van der Waals surface area contributed by atoms with Crippen molar-refractivity contribution in [1.82, 2.24) is 0 Å². The molecule has 3 aromatic carbocycles. The quantitative estimate of drug-likeness (QED) is 0.311. The largest absolute Gasteiger partial charge is 0.497 e. The van der Waals surface area contributed by atoms with Gasteiger partial charge >= 0.3 is 0 Å². The molecule has 3 aromatic rings. The van der Waals surface area contributed by atoms with Gasteiger partial charge < -0.3 is 10.1 Å². The Kier molecular flexibility index (Phi) is 7.51. The SMILES string of the molecule is COc1ccc(/C=C(\C#N)C(=O)Nc2cc(Cl)ccc2C)c(Cc2ccccc2Br)c1. The van der Waals surface area contributed by atoms with E-state index in [-0.39, 0.29) is 5.57 Å². The molecule has 4 nitrogen and oxygen atoms in total. The lowest BCUT2D eigenvalue weighted by Crippen LogP contribution is -2.14. The molecule has 0 saturated heterocycles. The number of aryl methyl sites for hydroxylation is 1. The second-order valence-electron chi connectivity index (χ2n) is 6.92. The van der Waals surface area contributed by atoms with E-state index in [1.807, 2.05) is 61.5 Å². The molecule has 0 radical (unpaired) electrons. The van der Waals surface area contributed by atoms with Gasteiger partial charge in [0.1, 0.15) is 17.4 Å². The van der Waals surface area contributed by atoms with Crippen molar-refractivity contribution in [3.8, 4) is 11.8 Å². The highest BCUT2D eigenvalue weighted by Crippen LogP contribution is 2.27. The Hall–Kier alpha value is -3.07. The number of anilines is 1. The molecule has 31 heavy (non-hydrogen) atoms. The van der Waals surface area contributed by atoms with Crippen LogP contribution in [0.1, 0.15) is 22.3 Å². The number of hydrogen-bond acceptors (Lipinski definition) is 3. The molecule has 1 N–H and O–H groups in total. The molecule has 156 valence electrons. The van der Waals surface area contributed by atoms with E-state index in [1.54, 1.807) is 25.3 Å². The van der Waals surface area contributed by atoms with E-state index in [2.05, 4.69) is 21.2 Å². The van der Waals surface area contributed by atoms with Crippen molar-refractivity contribution in [1.29, 1.82) is 5.26 Å². The molecule has 0 aliphatic rings. The summed E-state index contributed by atoms with van der Waals surface area (Å²) in [6.07, 6.45) is 2.21. The summed E-state index contributed by atoms with van der Waals surface area (Å²) in [4.78, 5) is 12.8. The van der Waals surface area contributed by atoms with Crippen LogP contribution >= 0.6 is 27.5 Å². The fourth-order valence-corrected chi connectivity index (χ4v) is 3.67. The van der Waals surface area contributed by atoms with Gasteiger partial charge in [-0.2, -0.15) is 5.26 Å². The third kappa shape index (κ3) is 5.75. The van der Waals surface area contributed by atoms with Crippen LogP contribution in [-0.2, 0) is 11.2 Å². The van der Waals surface area contributed by atoms with E-state index in [0.717, 1.165) is 26.7 Å². The van der Waals surface area contributed by atoms with Crippen molar-refractivity contribution in [2.45, 2.75) is 13.3 Å². The smallest absolute Gasteiger partial charge is 0.266 e. The summed E-state index contributed by atoms with van der Waals surface area (Å²) in [6.45, 7) is 1.86. The lowest BCUT2D eigenvalue weighted by molar-refractivity contribution is -0.112. The molecule has 1 amide bonds. The molecule has 0 fully saturated rings. The van der Waals surface area contributed by atoms with Crippen LogP contribution in [0.2, 0.25) is 5.02 Å². The van der Waals surface area contributed by atoms with E-state index < -0.39 is 5.91 Å². The first-order valence-corrected chi connectivity index (χ1v) is 10.7. The maximum atomic E-state index is 12.8. The van der Waals surface area contributed by atoms with Gasteiger partial charge in [-0.1, -0.05) is 57.9 Å². The van der Waals surface area contributed by atoms with E-state index in [4.69, 9.17) is 16.3 Å². The Balaban J connectivity index is 1.96. The number of halogens is 2. The van der Waals surface area contributed by atoms with Crippen LogP contribution in [-0.4, -0.2) is 13.0 Å². The average molecular weight is 496 g/mol. The highest BCUT2D eigenvalue weighted by Gasteiger charge is 2.14. The van der Waals surface area contributed by atoms with Crippen LogP contribution in [0, 0.1) is 18.3 Å².